The molecule has 1 amide bonds. The second kappa shape index (κ2) is 5.70. The Morgan fingerprint density at radius 2 is 2.27 bits per heavy atom. The van der Waals surface area contributed by atoms with Crippen LogP contribution in [0.25, 0.3) is 0 Å². The third-order valence-electron chi connectivity index (χ3n) is 1.81. The highest BCUT2D eigenvalue weighted by molar-refractivity contribution is 9.09. The lowest BCUT2D eigenvalue weighted by Gasteiger charge is -2.11. The van der Waals surface area contributed by atoms with Gasteiger partial charge in [-0.3, -0.25) is 4.79 Å². The summed E-state index contributed by atoms with van der Waals surface area (Å²) in [6.45, 7) is 0. The largest absolute Gasteiger partial charge is 0.363 e. The summed E-state index contributed by atoms with van der Waals surface area (Å²) in [5, 5.41) is 3.43. The van der Waals surface area contributed by atoms with Gasteiger partial charge in [0.05, 0.1) is 11.9 Å². The zero-order valence-corrected chi connectivity index (χ0v) is 10.4. The standard InChI is InChI=1S/C10H14BrN3O/c1-14(2)9-4-3-8(7-12-9)13-10(15)5-6-11/h3-4,7H,5-6H2,1-2H3,(H,13,15). The highest BCUT2D eigenvalue weighted by Crippen LogP contribution is 2.11. The van der Waals surface area contributed by atoms with Gasteiger partial charge in [-0.15, -0.1) is 0 Å². The molecule has 0 aliphatic carbocycles. The first-order valence-corrected chi connectivity index (χ1v) is 5.75. The molecule has 1 aromatic rings. The van der Waals surface area contributed by atoms with E-state index in [1.807, 2.05) is 31.1 Å². The number of hydrogen-bond acceptors (Lipinski definition) is 3. The molecule has 0 saturated carbocycles. The van der Waals surface area contributed by atoms with Crippen LogP contribution in [-0.2, 0) is 4.79 Å². The first-order chi connectivity index (χ1) is 7.13. The van der Waals surface area contributed by atoms with E-state index in [0.29, 0.717) is 11.8 Å². The van der Waals surface area contributed by atoms with Gasteiger partial charge in [0.15, 0.2) is 0 Å². The van der Waals surface area contributed by atoms with Gasteiger partial charge in [0, 0.05) is 25.8 Å². The number of aromatic nitrogens is 1. The zero-order chi connectivity index (χ0) is 11.3. The number of pyridine rings is 1. The number of rotatable bonds is 4. The minimum Gasteiger partial charge on any atom is -0.363 e. The summed E-state index contributed by atoms with van der Waals surface area (Å²) in [5.41, 5.74) is 0.728. The maximum Gasteiger partial charge on any atom is 0.225 e. The van der Waals surface area contributed by atoms with Gasteiger partial charge >= 0.3 is 0 Å². The number of nitrogens with zero attached hydrogens (tertiary/aromatic N) is 2. The van der Waals surface area contributed by atoms with Gasteiger partial charge in [-0.1, -0.05) is 15.9 Å². The monoisotopic (exact) mass is 271 g/mol. The van der Waals surface area contributed by atoms with Crippen molar-refractivity contribution in [2.45, 2.75) is 6.42 Å². The Balaban J connectivity index is 2.60. The van der Waals surface area contributed by atoms with Crippen molar-refractivity contribution in [3.8, 4) is 0 Å². The third kappa shape index (κ3) is 3.87. The Morgan fingerprint density at radius 1 is 1.53 bits per heavy atom. The minimum absolute atomic E-state index is 0.00808. The number of hydrogen-bond donors (Lipinski definition) is 1. The van der Waals surface area contributed by atoms with Crippen LogP contribution in [0.4, 0.5) is 11.5 Å². The summed E-state index contributed by atoms with van der Waals surface area (Å²) in [5.74, 6) is 0.861. The Kier molecular flexibility index (Phi) is 4.55. The van der Waals surface area contributed by atoms with Crippen LogP contribution in [0, 0.1) is 0 Å². The number of anilines is 2. The molecule has 1 aromatic heterocycles. The van der Waals surface area contributed by atoms with E-state index in [0.717, 1.165) is 11.5 Å². The van der Waals surface area contributed by atoms with Gasteiger partial charge in [-0.25, -0.2) is 4.98 Å². The Bertz CT molecular complexity index is 324. The van der Waals surface area contributed by atoms with Gasteiger partial charge in [0.2, 0.25) is 5.91 Å². The van der Waals surface area contributed by atoms with E-state index in [9.17, 15) is 4.79 Å². The first kappa shape index (κ1) is 12.0. The van der Waals surface area contributed by atoms with E-state index < -0.39 is 0 Å². The molecule has 0 bridgehead atoms. The SMILES string of the molecule is CN(C)c1ccc(NC(=O)CCBr)cn1. The normalized spacial score (nSPS) is 9.80. The topological polar surface area (TPSA) is 45.2 Å². The Hall–Kier alpha value is -1.10. The predicted octanol–water partition coefficient (Wildman–Crippen LogP) is 1.87. The minimum atomic E-state index is -0.00808. The van der Waals surface area contributed by atoms with Crippen molar-refractivity contribution in [2.75, 3.05) is 29.6 Å². The maximum atomic E-state index is 11.3. The van der Waals surface area contributed by atoms with Crippen molar-refractivity contribution in [3.63, 3.8) is 0 Å². The van der Waals surface area contributed by atoms with Crippen LogP contribution in [0.3, 0.4) is 0 Å². The van der Waals surface area contributed by atoms with Gasteiger partial charge < -0.3 is 10.2 Å². The summed E-state index contributed by atoms with van der Waals surface area (Å²) in [7, 11) is 3.84. The molecule has 0 aliphatic heterocycles. The first-order valence-electron chi connectivity index (χ1n) is 4.62. The molecule has 1 heterocycles. The van der Waals surface area contributed by atoms with E-state index >= 15 is 0 Å². The Labute approximate surface area is 97.8 Å². The molecule has 5 heteroatoms. The maximum absolute atomic E-state index is 11.3. The molecular formula is C10H14BrN3O. The number of alkyl halides is 1. The highest BCUT2D eigenvalue weighted by Gasteiger charge is 2.02. The summed E-state index contributed by atoms with van der Waals surface area (Å²) >= 11 is 3.21. The van der Waals surface area contributed by atoms with E-state index in [1.54, 1.807) is 6.20 Å². The molecule has 0 atom stereocenters. The number of amides is 1. The molecule has 15 heavy (non-hydrogen) atoms. The van der Waals surface area contributed by atoms with Gasteiger partial charge in [0.1, 0.15) is 5.82 Å². The van der Waals surface area contributed by atoms with E-state index in [-0.39, 0.29) is 5.91 Å². The van der Waals surface area contributed by atoms with Gasteiger partial charge in [-0.2, -0.15) is 0 Å². The summed E-state index contributed by atoms with van der Waals surface area (Å²) < 4.78 is 0. The van der Waals surface area contributed by atoms with Crippen LogP contribution in [0.2, 0.25) is 0 Å². The van der Waals surface area contributed by atoms with Crippen molar-refractivity contribution in [2.24, 2.45) is 0 Å². The molecule has 0 fully saturated rings. The molecular weight excluding hydrogens is 258 g/mol. The summed E-state index contributed by atoms with van der Waals surface area (Å²) in [6, 6.07) is 3.71. The molecule has 0 aromatic carbocycles. The van der Waals surface area contributed by atoms with E-state index in [1.165, 1.54) is 0 Å². The van der Waals surface area contributed by atoms with Crippen molar-refractivity contribution in [3.05, 3.63) is 18.3 Å². The molecule has 1 rings (SSSR count). The average molecular weight is 272 g/mol. The fourth-order valence-electron chi connectivity index (χ4n) is 1.03. The summed E-state index contributed by atoms with van der Waals surface area (Å²) in [4.78, 5) is 17.3. The second-order valence-corrected chi connectivity index (χ2v) is 4.08. The predicted molar refractivity (Wildman–Crippen MR) is 65.6 cm³/mol. The van der Waals surface area contributed by atoms with Crippen LogP contribution in [0.5, 0.6) is 0 Å². The number of carbonyl (C=O) groups excluding carboxylic acids is 1. The average Bonchev–Trinajstić information content (AvgIpc) is 2.18. The summed E-state index contributed by atoms with van der Waals surface area (Å²) in [6.07, 6.45) is 2.12. The molecule has 1 N–H and O–H groups in total. The lowest BCUT2D eigenvalue weighted by molar-refractivity contribution is -0.115. The van der Waals surface area contributed by atoms with Gasteiger partial charge in [0.25, 0.3) is 0 Å². The fraction of sp³-hybridized carbons (Fsp3) is 0.400. The van der Waals surface area contributed by atoms with Crippen LogP contribution in [0.1, 0.15) is 6.42 Å². The lowest BCUT2D eigenvalue weighted by atomic mass is 10.3. The molecule has 0 radical (unpaired) electrons. The molecule has 0 saturated heterocycles. The number of halogens is 1. The van der Waals surface area contributed by atoms with Gasteiger partial charge in [-0.05, 0) is 12.1 Å². The zero-order valence-electron chi connectivity index (χ0n) is 8.83. The molecule has 82 valence electrons. The van der Waals surface area contributed by atoms with E-state index in [4.69, 9.17) is 0 Å². The molecule has 0 unspecified atom stereocenters. The number of nitrogens with one attached hydrogen (secondary N) is 1. The smallest absolute Gasteiger partial charge is 0.225 e. The Morgan fingerprint density at radius 3 is 2.73 bits per heavy atom. The molecule has 0 spiro atoms. The fourth-order valence-corrected chi connectivity index (χ4v) is 1.39. The van der Waals surface area contributed by atoms with Crippen molar-refractivity contribution in [1.29, 1.82) is 0 Å². The van der Waals surface area contributed by atoms with Crippen LogP contribution >= 0.6 is 15.9 Å². The number of carbonyl (C=O) groups is 1. The molecule has 0 aliphatic rings. The van der Waals surface area contributed by atoms with Crippen molar-refractivity contribution in [1.82, 2.24) is 4.98 Å². The second-order valence-electron chi connectivity index (χ2n) is 3.29. The van der Waals surface area contributed by atoms with Crippen LogP contribution in [-0.4, -0.2) is 30.3 Å². The third-order valence-corrected chi connectivity index (χ3v) is 2.21. The van der Waals surface area contributed by atoms with Crippen LogP contribution in [0.15, 0.2) is 18.3 Å². The quantitative estimate of drug-likeness (QED) is 0.851. The highest BCUT2D eigenvalue weighted by atomic mass is 79.9. The van der Waals surface area contributed by atoms with Crippen molar-refractivity contribution >= 4 is 33.3 Å². The lowest BCUT2D eigenvalue weighted by Crippen LogP contribution is -2.13. The van der Waals surface area contributed by atoms with Crippen LogP contribution < -0.4 is 10.2 Å². The van der Waals surface area contributed by atoms with Crippen molar-refractivity contribution < 1.29 is 4.79 Å². The molecule has 4 nitrogen and oxygen atoms in total. The van der Waals surface area contributed by atoms with E-state index in [2.05, 4.69) is 26.2 Å².